The van der Waals surface area contributed by atoms with E-state index < -0.39 is 167 Å². The average Bonchev–Trinajstić information content (AvgIpc) is 3.11. The van der Waals surface area contributed by atoms with Crippen LogP contribution in [0, 0.1) is 0 Å². The first-order chi connectivity index (χ1) is 25.4. The molecule has 4 aliphatic rings. The van der Waals surface area contributed by atoms with Gasteiger partial charge in [0.1, 0.15) is 97.5 Å². The van der Waals surface area contributed by atoms with E-state index in [1.807, 2.05) is 0 Å². The summed E-state index contributed by atoms with van der Waals surface area (Å²) < 4.78 is 39.8. The first-order valence-corrected chi connectivity index (χ1v) is 17.1. The molecular formula is C30H51N3O21. The second-order valence-electron chi connectivity index (χ2n) is 13.4. The fourth-order valence-corrected chi connectivity index (χ4v) is 6.65. The van der Waals surface area contributed by atoms with Crippen molar-refractivity contribution in [3.05, 3.63) is 0 Å². The topological polar surface area (TPSA) is 374 Å². The summed E-state index contributed by atoms with van der Waals surface area (Å²) in [6.07, 6.45) is -29.6. The van der Waals surface area contributed by atoms with E-state index in [9.17, 15) is 70.6 Å². The predicted octanol–water partition coefficient (Wildman–Crippen LogP) is -9.32. The summed E-state index contributed by atoms with van der Waals surface area (Å²) in [6, 6.07) is -4.50. The molecule has 24 nitrogen and oxygen atoms in total. The Balaban J connectivity index is 1.66. The van der Waals surface area contributed by atoms with Crippen LogP contribution in [0.1, 0.15) is 20.8 Å². The molecule has 1 unspecified atom stereocenters. The number of ether oxygens (including phenoxy) is 7. The van der Waals surface area contributed by atoms with Gasteiger partial charge in [-0.25, -0.2) is 0 Å². The summed E-state index contributed by atoms with van der Waals surface area (Å²) in [6.45, 7) is 0.00348. The molecule has 4 aliphatic heterocycles. The summed E-state index contributed by atoms with van der Waals surface area (Å²) in [5.74, 6) is -2.09. The lowest BCUT2D eigenvalue weighted by atomic mass is 9.94. The molecule has 0 radical (unpaired) electrons. The molecule has 14 N–H and O–H groups in total. The maximum atomic E-state index is 12.0. The van der Waals surface area contributed by atoms with Gasteiger partial charge in [0.25, 0.3) is 0 Å². The quantitative estimate of drug-likeness (QED) is 0.0823. The Bertz CT molecular complexity index is 1250. The van der Waals surface area contributed by atoms with Crippen molar-refractivity contribution in [3.63, 3.8) is 0 Å². The number of aliphatic hydroxyl groups excluding tert-OH is 11. The predicted molar refractivity (Wildman–Crippen MR) is 169 cm³/mol. The van der Waals surface area contributed by atoms with Crippen LogP contribution < -0.4 is 16.0 Å². The van der Waals surface area contributed by atoms with Gasteiger partial charge < -0.3 is 105 Å². The number of amides is 3. The van der Waals surface area contributed by atoms with Gasteiger partial charge in [-0.15, -0.1) is 0 Å². The zero-order valence-corrected chi connectivity index (χ0v) is 29.4. The second-order valence-corrected chi connectivity index (χ2v) is 13.4. The van der Waals surface area contributed by atoms with Crippen molar-refractivity contribution in [2.24, 2.45) is 0 Å². The van der Waals surface area contributed by atoms with E-state index in [0.29, 0.717) is 0 Å². The number of rotatable bonds is 13. The third-order valence-electron chi connectivity index (χ3n) is 9.39. The normalized spacial score (nSPS) is 45.7. The van der Waals surface area contributed by atoms with Crippen LogP contribution in [0.3, 0.4) is 0 Å². The van der Waals surface area contributed by atoms with Crippen LogP contribution in [0.5, 0.6) is 0 Å². The van der Waals surface area contributed by atoms with E-state index in [1.165, 1.54) is 0 Å². The monoisotopic (exact) mass is 789 g/mol. The lowest BCUT2D eigenvalue weighted by Gasteiger charge is -2.49. The SMILES string of the molecule is CC(=O)N[C@H]1[C@H](OC[C@H]2O[C@@H](O[C@H]3[C@H](O)[C@@H](NC(C)=O)C(O)O[C@@H]3CO)[C@H](O)[C@@H](O[C@@H]3O[C@H](CO)[C@@H](O)[C@H](O)[C@H]3NC(C)=O)[C@H]2O)O[C@H](CO)[C@@H](O)[C@@H]1O. The summed E-state index contributed by atoms with van der Waals surface area (Å²) in [5, 5.41) is 123. The maximum Gasteiger partial charge on any atom is 0.217 e. The van der Waals surface area contributed by atoms with Crippen LogP contribution in [0.4, 0.5) is 0 Å². The van der Waals surface area contributed by atoms with Crippen LogP contribution in [-0.2, 0) is 47.5 Å². The number of hydrogen-bond acceptors (Lipinski definition) is 21. The minimum atomic E-state index is -2.08. The Morgan fingerprint density at radius 2 is 0.926 bits per heavy atom. The molecular weight excluding hydrogens is 738 g/mol. The van der Waals surface area contributed by atoms with Gasteiger partial charge in [0, 0.05) is 20.8 Å². The molecule has 0 aromatic rings. The van der Waals surface area contributed by atoms with E-state index in [-0.39, 0.29) is 0 Å². The smallest absolute Gasteiger partial charge is 0.217 e. The third kappa shape index (κ3) is 9.97. The van der Waals surface area contributed by atoms with Crippen molar-refractivity contribution in [1.29, 1.82) is 0 Å². The van der Waals surface area contributed by atoms with E-state index in [2.05, 4.69) is 16.0 Å². The Kier molecular flexibility index (Phi) is 15.8. The third-order valence-corrected chi connectivity index (χ3v) is 9.39. The van der Waals surface area contributed by atoms with Gasteiger partial charge >= 0.3 is 0 Å². The molecule has 3 amide bonds. The minimum absolute atomic E-state index is 0.672. The summed E-state index contributed by atoms with van der Waals surface area (Å²) in [7, 11) is 0. The van der Waals surface area contributed by atoms with E-state index >= 15 is 0 Å². The molecule has 24 heteroatoms. The molecule has 4 heterocycles. The van der Waals surface area contributed by atoms with Gasteiger partial charge in [-0.1, -0.05) is 0 Å². The van der Waals surface area contributed by atoms with Crippen molar-refractivity contribution in [3.8, 4) is 0 Å². The van der Waals surface area contributed by atoms with Crippen molar-refractivity contribution in [1.82, 2.24) is 16.0 Å². The number of aliphatic hydroxyl groups is 11. The molecule has 0 aliphatic carbocycles. The van der Waals surface area contributed by atoms with Gasteiger partial charge in [-0.05, 0) is 0 Å². The second kappa shape index (κ2) is 19.2. The lowest BCUT2D eigenvalue weighted by Crippen LogP contribution is -2.69. The fourth-order valence-electron chi connectivity index (χ4n) is 6.65. The Hall–Kier alpha value is -2.31. The zero-order chi connectivity index (χ0) is 40.2. The zero-order valence-electron chi connectivity index (χ0n) is 29.4. The summed E-state index contributed by atoms with van der Waals surface area (Å²) in [5.41, 5.74) is 0. The highest BCUT2D eigenvalue weighted by atomic mass is 16.8. The standard InChI is InChI=1S/C30H51N3O21/c1-8(37)31-15-23(45)25(13(6-36)49-27(15)47)53-30-24(46)26(54-29-17(33-10(3)39)22(44)19(41)12(5-35)51-29)20(42)14(52-30)7-48-28-16(32-9(2)38)21(43)18(40)11(4-34)50-28/h11-30,34-36,40-47H,4-7H2,1-3H3,(H,31,37)(H,32,38)(H,33,39)/t11-,12-,13-,14-,15-,16-,17-,18-,19-,20+,21-,22-,23-,24-,25-,26+,27?,28-,29+,30+/m1/s1. The van der Waals surface area contributed by atoms with Crippen LogP contribution in [0.2, 0.25) is 0 Å². The highest BCUT2D eigenvalue weighted by Gasteiger charge is 2.55. The van der Waals surface area contributed by atoms with Gasteiger partial charge in [0.05, 0.1) is 26.4 Å². The average molecular weight is 790 g/mol. The molecule has 4 rings (SSSR count). The molecule has 0 aromatic heterocycles. The van der Waals surface area contributed by atoms with Gasteiger partial charge in [0.2, 0.25) is 17.7 Å². The first-order valence-electron chi connectivity index (χ1n) is 17.1. The highest BCUT2D eigenvalue weighted by Crippen LogP contribution is 2.33. The van der Waals surface area contributed by atoms with E-state index in [0.717, 1.165) is 20.8 Å². The molecule has 0 spiro atoms. The minimum Gasteiger partial charge on any atom is -0.394 e. The number of carbonyl (C=O) groups is 3. The van der Waals surface area contributed by atoms with E-state index in [1.54, 1.807) is 0 Å². The first kappa shape index (κ1) is 44.4. The Labute approximate surface area is 307 Å². The maximum absolute atomic E-state index is 12.0. The van der Waals surface area contributed by atoms with Crippen molar-refractivity contribution < 1.29 is 104 Å². The Morgan fingerprint density at radius 3 is 1.43 bits per heavy atom. The van der Waals surface area contributed by atoms with Crippen molar-refractivity contribution in [2.45, 2.75) is 143 Å². The van der Waals surface area contributed by atoms with Crippen LogP contribution in [-0.4, -0.2) is 223 Å². The molecule has 0 saturated carbocycles. The fraction of sp³-hybridized carbons (Fsp3) is 0.900. The lowest BCUT2D eigenvalue weighted by molar-refractivity contribution is -0.372. The summed E-state index contributed by atoms with van der Waals surface area (Å²) in [4.78, 5) is 35.7. The van der Waals surface area contributed by atoms with Crippen LogP contribution in [0.25, 0.3) is 0 Å². The van der Waals surface area contributed by atoms with Crippen LogP contribution in [0.15, 0.2) is 0 Å². The number of carbonyl (C=O) groups excluding carboxylic acids is 3. The summed E-state index contributed by atoms with van der Waals surface area (Å²) >= 11 is 0. The Morgan fingerprint density at radius 1 is 0.481 bits per heavy atom. The van der Waals surface area contributed by atoms with Gasteiger partial charge in [0.15, 0.2) is 25.2 Å². The molecule has 0 aromatic carbocycles. The van der Waals surface area contributed by atoms with Crippen LogP contribution >= 0.6 is 0 Å². The molecule has 4 saturated heterocycles. The molecule has 4 fully saturated rings. The number of hydrogen-bond donors (Lipinski definition) is 14. The van der Waals surface area contributed by atoms with Gasteiger partial charge in [-0.2, -0.15) is 0 Å². The highest BCUT2D eigenvalue weighted by molar-refractivity contribution is 5.74. The molecule has 20 atom stereocenters. The van der Waals surface area contributed by atoms with Crippen molar-refractivity contribution >= 4 is 17.7 Å². The molecule has 54 heavy (non-hydrogen) atoms. The molecule has 0 bridgehead atoms. The molecule has 312 valence electrons. The van der Waals surface area contributed by atoms with Crippen molar-refractivity contribution in [2.75, 3.05) is 26.4 Å². The largest absolute Gasteiger partial charge is 0.394 e. The van der Waals surface area contributed by atoms with Gasteiger partial charge in [-0.3, -0.25) is 14.4 Å². The van der Waals surface area contributed by atoms with E-state index in [4.69, 9.17) is 33.2 Å². The number of nitrogens with one attached hydrogen (secondary N) is 3.